The zero-order valence-electron chi connectivity index (χ0n) is 41.4. The van der Waals surface area contributed by atoms with Crippen LogP contribution in [0.3, 0.4) is 0 Å². The van der Waals surface area contributed by atoms with Gasteiger partial charge < -0.3 is 79.6 Å². The van der Waals surface area contributed by atoms with E-state index in [-0.39, 0.29) is 50.7 Å². The highest BCUT2D eigenvalue weighted by atomic mass is 16.4. The number of amides is 8. The maximum absolute atomic E-state index is 13.9. The number of nitrogens with zero attached hydrogens (tertiary/aromatic N) is 3. The van der Waals surface area contributed by atoms with Crippen molar-refractivity contribution in [3.8, 4) is 0 Å². The first-order valence-corrected chi connectivity index (χ1v) is 23.5. The molecule has 1 aromatic rings. The summed E-state index contributed by atoms with van der Waals surface area (Å²) in [6.07, 6.45) is 1.30. The Kier molecular flexibility index (Phi) is 24.9. The number of aliphatic hydroxyl groups excluding tert-OH is 1. The van der Waals surface area contributed by atoms with E-state index in [0.29, 0.717) is 18.5 Å². The number of nitrogens with one attached hydrogen (secondary N) is 8. The van der Waals surface area contributed by atoms with E-state index in [1.807, 2.05) is 13.8 Å². The molecule has 0 spiro atoms. The highest BCUT2D eigenvalue weighted by Crippen LogP contribution is 2.20. The number of aliphatic carboxylic acids is 2. The predicted molar refractivity (Wildman–Crippen MR) is 255 cm³/mol. The second kappa shape index (κ2) is 29.3. The number of aromatic amines is 1. The molecule has 27 heteroatoms. The first-order valence-electron chi connectivity index (χ1n) is 23.5. The summed E-state index contributed by atoms with van der Waals surface area (Å²) in [4.78, 5) is 143. The second-order valence-corrected chi connectivity index (χ2v) is 18.6. The van der Waals surface area contributed by atoms with Crippen LogP contribution in [-0.2, 0) is 54.4 Å². The van der Waals surface area contributed by atoms with Gasteiger partial charge in [0, 0.05) is 37.8 Å². The lowest BCUT2D eigenvalue weighted by Gasteiger charge is -2.31. The van der Waals surface area contributed by atoms with E-state index in [4.69, 9.17) is 17.2 Å². The first-order chi connectivity index (χ1) is 33.2. The van der Waals surface area contributed by atoms with Gasteiger partial charge >= 0.3 is 11.9 Å². The molecular formula is C44H74N14O13. The van der Waals surface area contributed by atoms with Gasteiger partial charge in [-0.3, -0.25) is 48.1 Å². The molecule has 1 aromatic heterocycles. The van der Waals surface area contributed by atoms with Gasteiger partial charge in [-0.25, -0.2) is 9.78 Å². The molecule has 398 valence electrons. The quantitative estimate of drug-likeness (QED) is 0.0199. The molecule has 1 saturated heterocycles. The Labute approximate surface area is 411 Å². The molecule has 1 aliphatic heterocycles. The molecule has 0 unspecified atom stereocenters. The molecule has 0 bridgehead atoms. The van der Waals surface area contributed by atoms with Crippen molar-refractivity contribution in [1.82, 2.24) is 52.1 Å². The predicted octanol–water partition coefficient (Wildman–Crippen LogP) is -3.96. The van der Waals surface area contributed by atoms with Crippen LogP contribution in [0.15, 0.2) is 17.5 Å². The average molecular weight is 1010 g/mol. The maximum atomic E-state index is 13.9. The Morgan fingerprint density at radius 3 is 1.92 bits per heavy atom. The molecule has 17 N–H and O–H groups in total. The number of aliphatic imine (C=N–C) groups is 1. The number of likely N-dealkylation sites (tertiary alicyclic amines) is 1. The van der Waals surface area contributed by atoms with Crippen LogP contribution in [0.1, 0.15) is 99.1 Å². The summed E-state index contributed by atoms with van der Waals surface area (Å²) in [6.45, 7) is 10.8. The summed E-state index contributed by atoms with van der Waals surface area (Å²) in [5.41, 5.74) is 17.1. The Hall–Kier alpha value is -6.90. The highest BCUT2D eigenvalue weighted by molar-refractivity contribution is 5.98. The summed E-state index contributed by atoms with van der Waals surface area (Å²) in [7, 11) is 0. The SMILES string of the molecule is CC(C)C[C@H](NC(=O)[C@@H](N)CCCN=C(N)N)C(=O)N[C@H](C(=O)N1CCC[C@H]1C(=O)NCC(=O)N[C@H](C(=O)N[C@@H](Cc1cnc[nH]1)C(=O)N[C@@H](CCC(=O)O)C(=O)N[C@H](C(=O)O)C(C)C)C(C)C)[C@@H](C)O. The molecule has 2 heterocycles. The molecular weight excluding hydrogens is 933 g/mol. The molecule has 1 aliphatic rings. The van der Waals surface area contributed by atoms with E-state index in [0.717, 1.165) is 0 Å². The van der Waals surface area contributed by atoms with E-state index >= 15 is 0 Å². The Morgan fingerprint density at radius 1 is 0.775 bits per heavy atom. The molecule has 8 amide bonds. The van der Waals surface area contributed by atoms with Gasteiger partial charge in [0.25, 0.3) is 0 Å². The van der Waals surface area contributed by atoms with Gasteiger partial charge in [0.1, 0.15) is 42.3 Å². The van der Waals surface area contributed by atoms with Gasteiger partial charge in [-0.1, -0.05) is 41.5 Å². The van der Waals surface area contributed by atoms with E-state index < -0.39 is 145 Å². The number of guanidine groups is 1. The van der Waals surface area contributed by atoms with Crippen molar-refractivity contribution in [1.29, 1.82) is 0 Å². The monoisotopic (exact) mass is 1010 g/mol. The van der Waals surface area contributed by atoms with Crippen LogP contribution < -0.4 is 54.4 Å². The molecule has 0 radical (unpaired) electrons. The molecule has 27 nitrogen and oxygen atoms in total. The number of carboxylic acid groups (broad SMARTS) is 2. The number of aliphatic hydroxyl groups is 1. The number of imidazole rings is 1. The maximum Gasteiger partial charge on any atom is 0.326 e. The van der Waals surface area contributed by atoms with Gasteiger partial charge in [-0.2, -0.15) is 0 Å². The van der Waals surface area contributed by atoms with Crippen LogP contribution in [0.25, 0.3) is 0 Å². The van der Waals surface area contributed by atoms with Gasteiger partial charge in [0.2, 0.25) is 47.3 Å². The summed E-state index contributed by atoms with van der Waals surface area (Å²) < 4.78 is 0. The number of H-pyrrole nitrogens is 1. The number of nitrogens with two attached hydrogens (primary N) is 3. The third-order valence-electron chi connectivity index (χ3n) is 11.3. The van der Waals surface area contributed by atoms with Crippen LogP contribution in [0.5, 0.6) is 0 Å². The largest absolute Gasteiger partial charge is 0.481 e. The molecule has 1 fully saturated rings. The molecule has 2 rings (SSSR count). The Balaban J connectivity index is 2.18. The number of carbonyl (C=O) groups excluding carboxylic acids is 8. The smallest absolute Gasteiger partial charge is 0.326 e. The summed E-state index contributed by atoms with van der Waals surface area (Å²) >= 11 is 0. The lowest BCUT2D eigenvalue weighted by molar-refractivity contribution is -0.144. The van der Waals surface area contributed by atoms with E-state index in [9.17, 15) is 63.3 Å². The van der Waals surface area contributed by atoms with Crippen LogP contribution in [0, 0.1) is 17.8 Å². The fraction of sp³-hybridized carbons (Fsp3) is 0.682. The summed E-state index contributed by atoms with van der Waals surface area (Å²) in [5.74, 6) is -10.6. The normalized spacial score (nSPS) is 16.8. The fourth-order valence-electron chi connectivity index (χ4n) is 7.46. The number of rotatable bonds is 30. The van der Waals surface area contributed by atoms with Crippen LogP contribution in [0.4, 0.5) is 0 Å². The minimum Gasteiger partial charge on any atom is -0.481 e. The minimum absolute atomic E-state index is 0.0672. The molecule has 0 saturated carbocycles. The van der Waals surface area contributed by atoms with Gasteiger partial charge in [0.15, 0.2) is 5.96 Å². The van der Waals surface area contributed by atoms with Crippen molar-refractivity contribution in [3.63, 3.8) is 0 Å². The first kappa shape index (κ1) is 60.2. The van der Waals surface area contributed by atoms with Crippen molar-refractivity contribution in [2.45, 2.75) is 154 Å². The van der Waals surface area contributed by atoms with Crippen molar-refractivity contribution >= 4 is 65.2 Å². The van der Waals surface area contributed by atoms with Crippen LogP contribution >= 0.6 is 0 Å². The zero-order valence-corrected chi connectivity index (χ0v) is 41.4. The number of hydrogen-bond donors (Lipinski definition) is 14. The van der Waals surface area contributed by atoms with Gasteiger partial charge in [-0.15, -0.1) is 0 Å². The van der Waals surface area contributed by atoms with Gasteiger partial charge in [0.05, 0.1) is 25.0 Å². The third-order valence-corrected chi connectivity index (χ3v) is 11.3. The van der Waals surface area contributed by atoms with E-state index in [1.165, 1.54) is 24.3 Å². The Bertz CT molecular complexity index is 2030. The standard InChI is InChI=1S/C44H74N14O13/c1-21(2)16-28(53-36(63)26(45)10-8-14-49-44(46)47)39(66)57-35(24(7)59)42(69)58-15-9-11-30(58)40(67)50-19-31(60)55-33(22(3)4)41(68)54-29(17-25-18-48-20-51-25)38(65)52-27(12-13-32(61)62)37(64)56-34(23(5)6)43(70)71/h18,20-24,26-30,33-35,59H,8-17,19,45H2,1-7H3,(H,48,51)(H,50,67)(H,52,65)(H,53,63)(H,54,68)(H,55,60)(H,56,64)(H,57,66)(H,61,62)(H,70,71)(H4,46,47,49)/t24-,26+,27+,28+,29+,30+,33+,34+,35+/m1/s1. The molecule has 0 aliphatic carbocycles. The minimum atomic E-state index is -1.54. The Morgan fingerprint density at radius 2 is 1.37 bits per heavy atom. The highest BCUT2D eigenvalue weighted by Gasteiger charge is 2.41. The fourth-order valence-corrected chi connectivity index (χ4v) is 7.46. The summed E-state index contributed by atoms with van der Waals surface area (Å²) in [6, 6.07) is -10.4. The third kappa shape index (κ3) is 20.5. The zero-order chi connectivity index (χ0) is 53.7. The van der Waals surface area contributed by atoms with Crippen molar-refractivity contribution < 1.29 is 63.3 Å². The molecule has 71 heavy (non-hydrogen) atoms. The topological polar surface area (TPSA) is 438 Å². The number of hydrogen-bond acceptors (Lipinski definition) is 14. The number of aromatic nitrogens is 2. The second-order valence-electron chi connectivity index (χ2n) is 18.6. The number of carbonyl (C=O) groups is 10. The van der Waals surface area contributed by atoms with Crippen molar-refractivity contribution in [2.75, 3.05) is 19.6 Å². The lowest BCUT2D eigenvalue weighted by Crippen LogP contribution is -2.61. The van der Waals surface area contributed by atoms with Crippen LogP contribution in [-0.4, -0.2) is 169 Å². The van der Waals surface area contributed by atoms with Crippen molar-refractivity contribution in [2.24, 2.45) is 39.9 Å². The molecule has 0 aromatic carbocycles. The van der Waals surface area contributed by atoms with E-state index in [1.54, 1.807) is 27.7 Å². The van der Waals surface area contributed by atoms with Gasteiger partial charge in [-0.05, 0) is 63.2 Å². The van der Waals surface area contributed by atoms with Crippen LogP contribution in [0.2, 0.25) is 0 Å². The lowest BCUT2D eigenvalue weighted by atomic mass is 10.0. The van der Waals surface area contributed by atoms with Crippen molar-refractivity contribution in [3.05, 3.63) is 18.2 Å². The molecule has 9 atom stereocenters. The number of carboxylic acids is 2. The average Bonchev–Trinajstić information content (AvgIpc) is 4.00. The summed E-state index contributed by atoms with van der Waals surface area (Å²) in [5, 5.41) is 47.1. The van der Waals surface area contributed by atoms with E-state index in [2.05, 4.69) is 52.2 Å².